The van der Waals surface area contributed by atoms with Gasteiger partial charge in [0.05, 0.1) is 32.5 Å². The molecule has 1 fully saturated rings. The van der Waals surface area contributed by atoms with Crippen LogP contribution < -0.4 is 4.90 Å². The lowest BCUT2D eigenvalue weighted by Crippen LogP contribution is -2.59. The van der Waals surface area contributed by atoms with E-state index < -0.39 is 39.7 Å². The van der Waals surface area contributed by atoms with Crippen LogP contribution in [0.4, 0.5) is 19.1 Å². The lowest BCUT2D eigenvalue weighted by molar-refractivity contribution is -0.00603. The van der Waals surface area contributed by atoms with Gasteiger partial charge in [-0.05, 0) is 31.5 Å². The second-order valence-corrected chi connectivity index (χ2v) is 9.54. The Morgan fingerprint density at radius 1 is 1.32 bits per heavy atom. The maximum Gasteiger partial charge on any atom is 0.290 e. The van der Waals surface area contributed by atoms with E-state index >= 15 is 0 Å². The number of benzene rings is 1. The topological polar surface area (TPSA) is 90.2 Å². The van der Waals surface area contributed by atoms with Crippen molar-refractivity contribution in [1.29, 1.82) is 4.78 Å². The van der Waals surface area contributed by atoms with Crippen LogP contribution in [0, 0.1) is 10.6 Å². The van der Waals surface area contributed by atoms with Crippen molar-refractivity contribution in [2.24, 2.45) is 0 Å². The molecule has 10 heteroatoms. The third-order valence-electron chi connectivity index (χ3n) is 5.31. The zero-order valence-corrected chi connectivity index (χ0v) is 16.1. The van der Waals surface area contributed by atoms with Gasteiger partial charge in [0.15, 0.2) is 0 Å². The van der Waals surface area contributed by atoms with Crippen molar-refractivity contribution in [3.8, 4) is 11.3 Å². The molecule has 0 radical (unpaired) electrons. The first-order valence-electron chi connectivity index (χ1n) is 8.76. The Kier molecular flexibility index (Phi) is 4.20. The number of β-amino-alcohol motifs (C(OH)–C–C–N with tert-alkyl or cyclic N) is 1. The van der Waals surface area contributed by atoms with Gasteiger partial charge in [-0.1, -0.05) is 0 Å². The fourth-order valence-electron chi connectivity index (χ4n) is 3.56. The maximum atomic E-state index is 14.4. The van der Waals surface area contributed by atoms with Gasteiger partial charge < -0.3 is 10.0 Å². The Bertz CT molecular complexity index is 1070. The normalized spacial score (nSPS) is 25.1. The molecule has 2 N–H and O–H groups in total. The minimum absolute atomic E-state index is 0.0321. The molecule has 28 heavy (non-hydrogen) atoms. The molecule has 1 aromatic heterocycles. The van der Waals surface area contributed by atoms with Crippen molar-refractivity contribution in [3.63, 3.8) is 0 Å². The van der Waals surface area contributed by atoms with Gasteiger partial charge in [0.2, 0.25) is 5.95 Å². The van der Waals surface area contributed by atoms with Crippen LogP contribution >= 0.6 is 0 Å². The molecule has 1 unspecified atom stereocenters. The van der Waals surface area contributed by atoms with Crippen LogP contribution in [0.5, 0.6) is 0 Å². The van der Waals surface area contributed by atoms with E-state index in [9.17, 15) is 22.5 Å². The Labute approximate surface area is 160 Å². The molecule has 150 valence electrons. The number of alkyl halides is 2. The minimum atomic E-state index is -3.20. The molecule has 2 aliphatic rings. The number of nitrogens with zero attached hydrogens (tertiary/aromatic N) is 3. The van der Waals surface area contributed by atoms with Gasteiger partial charge in [-0.25, -0.2) is 23.3 Å². The average molecular weight is 412 g/mol. The summed E-state index contributed by atoms with van der Waals surface area (Å²) in [6.45, 7) is 1.95. The highest BCUT2D eigenvalue weighted by Crippen LogP contribution is 2.45. The van der Waals surface area contributed by atoms with Crippen LogP contribution in [-0.4, -0.2) is 44.2 Å². The van der Waals surface area contributed by atoms with E-state index in [1.807, 2.05) is 0 Å². The highest BCUT2D eigenvalue weighted by molar-refractivity contribution is 7.91. The first kappa shape index (κ1) is 19.1. The fraction of sp³-hybridized carbons (Fsp3) is 0.444. The molecule has 0 spiro atoms. The number of halogens is 3. The average Bonchev–Trinajstić information content (AvgIpc) is 2.92. The number of aliphatic hydroxyl groups excluding tert-OH is 1. The fourth-order valence-corrected chi connectivity index (χ4v) is 4.25. The zero-order chi connectivity index (χ0) is 20.4. The lowest BCUT2D eigenvalue weighted by atomic mass is 10.0. The summed E-state index contributed by atoms with van der Waals surface area (Å²) in [5, 5.41) is 9.75. The molecule has 0 bridgehead atoms. The van der Waals surface area contributed by atoms with Crippen molar-refractivity contribution in [2.45, 2.75) is 42.7 Å². The summed E-state index contributed by atoms with van der Waals surface area (Å²) in [5.41, 5.74) is 0.167. The molecule has 1 aliphatic heterocycles. The van der Waals surface area contributed by atoms with Crippen LogP contribution in [0.25, 0.3) is 11.3 Å². The predicted molar refractivity (Wildman–Crippen MR) is 97.5 cm³/mol. The summed E-state index contributed by atoms with van der Waals surface area (Å²) in [6, 6.07) is 3.16. The van der Waals surface area contributed by atoms with Gasteiger partial charge in [0.25, 0.3) is 5.92 Å². The van der Waals surface area contributed by atoms with Gasteiger partial charge >= 0.3 is 0 Å². The Morgan fingerprint density at radius 2 is 2.04 bits per heavy atom. The maximum absolute atomic E-state index is 14.4. The molecular weight excluding hydrogens is 393 g/mol. The Balaban J connectivity index is 1.93. The molecular formula is C18H19F3N4O2S. The van der Waals surface area contributed by atoms with Crippen LogP contribution in [0.15, 0.2) is 23.1 Å². The number of hydrogen-bond acceptors (Lipinski definition) is 6. The number of aliphatic hydroxyl groups is 1. The van der Waals surface area contributed by atoms with Gasteiger partial charge in [-0.15, -0.1) is 0 Å². The molecule has 0 saturated carbocycles. The molecule has 4 rings (SSSR count). The van der Waals surface area contributed by atoms with Gasteiger partial charge in [0, 0.05) is 30.3 Å². The van der Waals surface area contributed by atoms with Crippen LogP contribution in [0.1, 0.15) is 24.6 Å². The minimum Gasteiger partial charge on any atom is -0.389 e. The van der Waals surface area contributed by atoms with E-state index in [1.54, 1.807) is 11.8 Å². The van der Waals surface area contributed by atoms with Crippen LogP contribution in [0.2, 0.25) is 0 Å². The second kappa shape index (κ2) is 6.15. The first-order valence-corrected chi connectivity index (χ1v) is 10.7. The number of nitrogens with one attached hydrogen (secondary N) is 1. The SMILES string of the molecule is C[C@H]1[C@H](O)CN1c1nc(-c2cc(F)cc(S(C)(=N)=O)c2)c2c(n1)C(F)(F)CC2. The molecule has 2 aromatic rings. The third-order valence-corrected chi connectivity index (χ3v) is 6.45. The van der Waals surface area contributed by atoms with Crippen LogP contribution in [-0.2, 0) is 22.1 Å². The molecule has 1 aliphatic carbocycles. The zero-order valence-electron chi connectivity index (χ0n) is 15.2. The second-order valence-electron chi connectivity index (χ2n) is 7.38. The van der Waals surface area contributed by atoms with E-state index in [2.05, 4.69) is 9.97 Å². The predicted octanol–water partition coefficient (Wildman–Crippen LogP) is 2.93. The smallest absolute Gasteiger partial charge is 0.290 e. The first-order chi connectivity index (χ1) is 13.0. The van der Waals surface area contributed by atoms with E-state index in [-0.39, 0.29) is 46.7 Å². The number of aromatic nitrogens is 2. The highest BCUT2D eigenvalue weighted by atomic mass is 32.2. The Morgan fingerprint density at radius 3 is 2.64 bits per heavy atom. The van der Waals surface area contributed by atoms with Gasteiger partial charge in [-0.2, -0.15) is 8.78 Å². The van der Waals surface area contributed by atoms with Gasteiger partial charge in [-0.3, -0.25) is 0 Å². The molecule has 1 saturated heterocycles. The standard InChI is InChI=1S/C18H19F3N4O2S/c1-9-14(26)8-25(9)17-23-15(13-3-4-18(20,21)16(13)24-17)10-5-11(19)7-12(6-10)28(2,22)27/h5-7,9,14,22,26H,3-4,8H2,1-2H3/t9-,14+,28?/m0/s1. The largest absolute Gasteiger partial charge is 0.389 e. The highest BCUT2D eigenvalue weighted by Gasteiger charge is 2.45. The summed E-state index contributed by atoms with van der Waals surface area (Å²) in [5.74, 6) is -3.80. The van der Waals surface area contributed by atoms with Crippen molar-refractivity contribution < 1.29 is 22.5 Å². The summed E-state index contributed by atoms with van der Waals surface area (Å²) in [6.07, 6.45) is 0.175. The third kappa shape index (κ3) is 3.04. The molecule has 6 nitrogen and oxygen atoms in total. The summed E-state index contributed by atoms with van der Waals surface area (Å²) in [4.78, 5) is 10.0. The van der Waals surface area contributed by atoms with E-state index in [1.165, 1.54) is 12.3 Å². The van der Waals surface area contributed by atoms with E-state index in [4.69, 9.17) is 4.78 Å². The number of rotatable bonds is 3. The summed E-state index contributed by atoms with van der Waals surface area (Å²) in [7, 11) is -3.20. The number of anilines is 1. The molecule has 1 aromatic carbocycles. The summed E-state index contributed by atoms with van der Waals surface area (Å²) >= 11 is 0. The van der Waals surface area contributed by atoms with Crippen molar-refractivity contribution in [1.82, 2.24) is 9.97 Å². The number of hydrogen-bond donors (Lipinski definition) is 2. The Hall–Kier alpha value is -2.20. The lowest BCUT2D eigenvalue weighted by Gasteiger charge is -2.43. The van der Waals surface area contributed by atoms with E-state index in [0.717, 1.165) is 12.1 Å². The molecule has 0 amide bonds. The van der Waals surface area contributed by atoms with Crippen molar-refractivity contribution in [3.05, 3.63) is 35.3 Å². The quantitative estimate of drug-likeness (QED) is 0.809. The van der Waals surface area contributed by atoms with Crippen molar-refractivity contribution >= 4 is 15.7 Å². The monoisotopic (exact) mass is 412 g/mol. The van der Waals surface area contributed by atoms with Gasteiger partial charge in [0.1, 0.15) is 11.5 Å². The van der Waals surface area contributed by atoms with Crippen molar-refractivity contribution in [2.75, 3.05) is 17.7 Å². The molecule has 2 heterocycles. The summed E-state index contributed by atoms with van der Waals surface area (Å²) < 4.78 is 62.8. The number of fused-ring (bicyclic) bond motifs is 1. The molecule has 3 atom stereocenters. The van der Waals surface area contributed by atoms with E-state index in [0.29, 0.717) is 0 Å². The van der Waals surface area contributed by atoms with Crippen LogP contribution in [0.3, 0.4) is 0 Å².